The first-order chi connectivity index (χ1) is 11.1. The first kappa shape index (κ1) is 15.4. The molecule has 0 saturated carbocycles. The minimum Gasteiger partial charge on any atom is -0.370 e. The monoisotopic (exact) mass is 312 g/mol. The van der Waals surface area contributed by atoms with Crippen molar-refractivity contribution >= 4 is 0 Å². The van der Waals surface area contributed by atoms with Crippen molar-refractivity contribution in [2.45, 2.75) is 32.5 Å². The van der Waals surface area contributed by atoms with Crippen LogP contribution in [0.5, 0.6) is 0 Å². The third-order valence-electron chi connectivity index (χ3n) is 4.03. The largest absolute Gasteiger partial charge is 0.370 e. The van der Waals surface area contributed by atoms with E-state index in [9.17, 15) is 0 Å². The molecule has 3 aromatic rings. The van der Waals surface area contributed by atoms with Crippen molar-refractivity contribution in [3.8, 4) is 0 Å². The van der Waals surface area contributed by atoms with Gasteiger partial charge in [-0.25, -0.2) is 19.3 Å². The van der Waals surface area contributed by atoms with Crippen LogP contribution in [0.4, 0.5) is 0 Å². The summed E-state index contributed by atoms with van der Waals surface area (Å²) in [6.45, 7) is 5.25. The zero-order valence-electron chi connectivity index (χ0n) is 13.5. The van der Waals surface area contributed by atoms with E-state index in [2.05, 4.69) is 52.2 Å². The van der Waals surface area contributed by atoms with Crippen LogP contribution in [0.25, 0.3) is 0 Å². The highest BCUT2D eigenvalue weighted by molar-refractivity contribution is 5.35. The molecule has 0 unspecified atom stereocenters. The van der Waals surface area contributed by atoms with E-state index >= 15 is 0 Å². The Balaban J connectivity index is 2.06. The van der Waals surface area contributed by atoms with Gasteiger partial charge in [0.05, 0.1) is 13.1 Å². The minimum atomic E-state index is -0.612. The second-order valence-corrected chi connectivity index (χ2v) is 5.70. The lowest BCUT2D eigenvalue weighted by molar-refractivity contribution is -0.0490. The molecule has 0 radical (unpaired) electrons. The van der Waals surface area contributed by atoms with Crippen LogP contribution in [0.15, 0.2) is 43.5 Å². The summed E-state index contributed by atoms with van der Waals surface area (Å²) in [6.07, 6.45) is 6.44. The summed E-state index contributed by atoms with van der Waals surface area (Å²) < 4.78 is 9.57. The molecule has 7 heteroatoms. The molecule has 0 atom stereocenters. The molecule has 1 aromatic carbocycles. The van der Waals surface area contributed by atoms with Crippen molar-refractivity contribution in [3.63, 3.8) is 0 Å². The number of methoxy groups -OCH3 is 1. The van der Waals surface area contributed by atoms with Gasteiger partial charge in [0.15, 0.2) is 0 Å². The first-order valence-electron chi connectivity index (χ1n) is 7.41. The summed E-state index contributed by atoms with van der Waals surface area (Å²) in [6, 6.07) is 6.37. The first-order valence-corrected chi connectivity index (χ1v) is 7.41. The Kier molecular flexibility index (Phi) is 4.20. The van der Waals surface area contributed by atoms with E-state index in [0.717, 1.165) is 5.56 Å². The van der Waals surface area contributed by atoms with Crippen LogP contribution in [-0.4, -0.2) is 36.6 Å². The predicted molar refractivity (Wildman–Crippen MR) is 84.6 cm³/mol. The van der Waals surface area contributed by atoms with E-state index in [4.69, 9.17) is 4.74 Å². The van der Waals surface area contributed by atoms with Crippen LogP contribution in [0.2, 0.25) is 0 Å². The molecule has 0 aliphatic carbocycles. The number of hydrogen-bond donors (Lipinski definition) is 0. The smallest absolute Gasteiger partial charge is 0.137 e. The van der Waals surface area contributed by atoms with Gasteiger partial charge < -0.3 is 4.74 Å². The maximum atomic E-state index is 6.01. The van der Waals surface area contributed by atoms with Crippen LogP contribution in [0.3, 0.4) is 0 Å². The lowest BCUT2D eigenvalue weighted by Crippen LogP contribution is -2.39. The molecular formula is C16H20N6O. The predicted octanol–water partition coefficient (Wildman–Crippen LogP) is 1.73. The van der Waals surface area contributed by atoms with Crippen molar-refractivity contribution in [1.82, 2.24) is 29.5 Å². The molecule has 2 heterocycles. The molecule has 3 rings (SSSR count). The molecule has 0 fully saturated rings. The van der Waals surface area contributed by atoms with E-state index in [-0.39, 0.29) is 0 Å². The average Bonchev–Trinajstić information content (AvgIpc) is 3.20. The van der Waals surface area contributed by atoms with Gasteiger partial charge >= 0.3 is 0 Å². The summed E-state index contributed by atoms with van der Waals surface area (Å²) in [5, 5.41) is 8.46. The fourth-order valence-corrected chi connectivity index (χ4v) is 2.94. The molecule has 0 saturated heterocycles. The van der Waals surface area contributed by atoms with E-state index in [1.165, 1.54) is 23.8 Å². The van der Waals surface area contributed by atoms with Crippen LogP contribution in [0.1, 0.15) is 16.7 Å². The van der Waals surface area contributed by atoms with Gasteiger partial charge in [0.25, 0.3) is 0 Å². The van der Waals surface area contributed by atoms with E-state index < -0.39 is 5.60 Å². The molecule has 0 bridgehead atoms. The van der Waals surface area contributed by atoms with Gasteiger partial charge in [0, 0.05) is 7.11 Å². The molecule has 0 N–H and O–H groups in total. The Morgan fingerprint density at radius 3 is 2.04 bits per heavy atom. The molecule has 0 aliphatic rings. The van der Waals surface area contributed by atoms with Crippen molar-refractivity contribution in [2.24, 2.45) is 0 Å². The standard InChI is InChI=1S/C16H20N6O/c1-13-4-5-15(14(2)6-13)16(23-3,7-21-11-17-9-19-21)8-22-12-18-10-20-22/h4-6,9-12H,7-8H2,1-3H3. The van der Waals surface area contributed by atoms with Crippen molar-refractivity contribution < 1.29 is 4.74 Å². The molecule has 0 spiro atoms. The number of nitrogens with zero attached hydrogens (tertiary/aromatic N) is 6. The van der Waals surface area contributed by atoms with Crippen molar-refractivity contribution in [3.05, 3.63) is 60.2 Å². The molecule has 2 aromatic heterocycles. The Bertz CT molecular complexity index is 715. The van der Waals surface area contributed by atoms with E-state index in [0.29, 0.717) is 13.1 Å². The Hall–Kier alpha value is -2.54. The summed E-state index contributed by atoms with van der Waals surface area (Å²) >= 11 is 0. The lowest BCUT2D eigenvalue weighted by atomic mass is 9.88. The summed E-state index contributed by atoms with van der Waals surface area (Å²) in [4.78, 5) is 8.06. The molecule has 120 valence electrons. The third kappa shape index (κ3) is 3.14. The Morgan fingerprint density at radius 2 is 1.61 bits per heavy atom. The van der Waals surface area contributed by atoms with Gasteiger partial charge in [-0.05, 0) is 25.0 Å². The second-order valence-electron chi connectivity index (χ2n) is 5.70. The summed E-state index contributed by atoms with van der Waals surface area (Å²) in [7, 11) is 1.72. The zero-order valence-corrected chi connectivity index (χ0v) is 13.5. The Labute approximate surface area is 135 Å². The zero-order chi connectivity index (χ0) is 16.3. The number of benzene rings is 1. The highest BCUT2D eigenvalue weighted by atomic mass is 16.5. The van der Waals surface area contributed by atoms with E-state index in [1.807, 2.05) is 0 Å². The quantitative estimate of drug-likeness (QED) is 0.693. The number of ether oxygens (including phenoxy) is 1. The SMILES string of the molecule is COC(Cn1cncn1)(Cn1cncn1)c1ccc(C)cc1C. The molecule has 23 heavy (non-hydrogen) atoms. The van der Waals surface area contributed by atoms with Gasteiger partial charge in [-0.3, -0.25) is 0 Å². The van der Waals surface area contributed by atoms with Gasteiger partial charge in [-0.15, -0.1) is 0 Å². The minimum absolute atomic E-state index is 0.535. The lowest BCUT2D eigenvalue weighted by Gasteiger charge is -2.34. The molecular weight excluding hydrogens is 292 g/mol. The number of rotatable bonds is 6. The van der Waals surface area contributed by atoms with Gasteiger partial charge in [-0.2, -0.15) is 10.2 Å². The maximum absolute atomic E-state index is 6.01. The van der Waals surface area contributed by atoms with E-state index in [1.54, 1.807) is 29.1 Å². The topological polar surface area (TPSA) is 70.7 Å². The van der Waals surface area contributed by atoms with Crippen molar-refractivity contribution in [1.29, 1.82) is 0 Å². The van der Waals surface area contributed by atoms with Crippen LogP contribution in [-0.2, 0) is 23.4 Å². The molecule has 0 aliphatic heterocycles. The number of aromatic nitrogens is 6. The van der Waals surface area contributed by atoms with Gasteiger partial charge in [0.1, 0.15) is 30.9 Å². The normalized spacial score (nSPS) is 11.8. The Morgan fingerprint density at radius 1 is 1.00 bits per heavy atom. The third-order valence-corrected chi connectivity index (χ3v) is 4.03. The van der Waals surface area contributed by atoms with Crippen LogP contribution in [0, 0.1) is 13.8 Å². The summed E-state index contributed by atoms with van der Waals surface area (Å²) in [5.41, 5.74) is 2.89. The summed E-state index contributed by atoms with van der Waals surface area (Å²) in [5.74, 6) is 0. The maximum Gasteiger partial charge on any atom is 0.137 e. The fourth-order valence-electron chi connectivity index (χ4n) is 2.94. The highest BCUT2D eigenvalue weighted by Gasteiger charge is 2.35. The molecule has 7 nitrogen and oxygen atoms in total. The molecule has 0 amide bonds. The second kappa shape index (κ2) is 6.29. The average molecular weight is 312 g/mol. The van der Waals surface area contributed by atoms with Gasteiger partial charge in [-0.1, -0.05) is 23.8 Å². The van der Waals surface area contributed by atoms with Gasteiger partial charge in [0.2, 0.25) is 0 Å². The number of aryl methyl sites for hydroxylation is 2. The van der Waals surface area contributed by atoms with Crippen LogP contribution >= 0.6 is 0 Å². The van der Waals surface area contributed by atoms with Crippen LogP contribution < -0.4 is 0 Å². The highest BCUT2D eigenvalue weighted by Crippen LogP contribution is 2.32. The fraction of sp³-hybridized carbons (Fsp3) is 0.375. The van der Waals surface area contributed by atoms with Crippen molar-refractivity contribution in [2.75, 3.05) is 7.11 Å². The number of hydrogen-bond acceptors (Lipinski definition) is 5.